The number of H-pyrrole nitrogens is 1. The fourth-order valence-electron chi connectivity index (χ4n) is 8.83. The van der Waals surface area contributed by atoms with Crippen LogP contribution in [-0.2, 0) is 10.0 Å². The number of pyridine rings is 1. The molecule has 5 aromatic rings. The smallest absolute Gasteiger partial charge is 0.293 e. The van der Waals surface area contributed by atoms with E-state index in [1.54, 1.807) is 30.5 Å². The van der Waals surface area contributed by atoms with Crippen LogP contribution >= 0.6 is 19.1 Å². The molecule has 2 aliphatic heterocycles. The number of hydrogen-bond donors (Lipinski definition) is 4. The van der Waals surface area contributed by atoms with Gasteiger partial charge >= 0.3 is 0 Å². The molecule has 1 aliphatic carbocycles. The fourth-order valence-corrected chi connectivity index (χ4v) is 12.0. The first kappa shape index (κ1) is 44.6. The molecule has 2 aromatic heterocycles. The lowest BCUT2D eigenvalue weighted by Crippen LogP contribution is -2.47. The average molecular weight is 915 g/mol. The number of aromatic nitrogens is 2. The van der Waals surface area contributed by atoms with Crippen LogP contribution in [0.2, 0.25) is 5.02 Å². The van der Waals surface area contributed by atoms with Crippen LogP contribution in [0.4, 0.5) is 17.1 Å². The second-order valence-electron chi connectivity index (χ2n) is 18.0. The zero-order valence-electron chi connectivity index (χ0n) is 35.8. The number of nitro benzene ring substituents is 1. The summed E-state index contributed by atoms with van der Waals surface area (Å²) in [6.07, 6.45) is 9.58. The Labute approximate surface area is 373 Å². The number of piperazine rings is 1. The maximum atomic E-state index is 13.9. The maximum Gasteiger partial charge on any atom is 0.293 e. The molecule has 1 amide bonds. The molecular formula is C46H54ClN7O7PS. The minimum Gasteiger partial charge on any atom is -0.455 e. The van der Waals surface area contributed by atoms with E-state index in [1.807, 2.05) is 24.9 Å². The second kappa shape index (κ2) is 18.2. The molecule has 63 heavy (non-hydrogen) atoms. The predicted octanol–water partition coefficient (Wildman–Crippen LogP) is 9.20. The predicted molar refractivity (Wildman–Crippen MR) is 251 cm³/mol. The zero-order chi connectivity index (χ0) is 44.5. The molecule has 14 nitrogen and oxygen atoms in total. The number of rotatable bonds is 13. The van der Waals surface area contributed by atoms with Crippen LogP contribution in [0.5, 0.6) is 11.5 Å². The van der Waals surface area contributed by atoms with Crippen molar-refractivity contribution in [3.63, 3.8) is 0 Å². The number of aromatic amines is 1. The Morgan fingerprint density at radius 3 is 2.52 bits per heavy atom. The van der Waals surface area contributed by atoms with Crippen molar-refractivity contribution in [3.05, 3.63) is 117 Å². The third-order valence-corrected chi connectivity index (χ3v) is 16.7. The average Bonchev–Trinajstić information content (AvgIpc) is 3.72. The van der Waals surface area contributed by atoms with Crippen molar-refractivity contribution >= 4 is 68.7 Å². The molecule has 0 saturated carbocycles. The van der Waals surface area contributed by atoms with Crippen molar-refractivity contribution in [3.8, 4) is 11.5 Å². The quantitative estimate of drug-likeness (QED) is 0.0502. The highest BCUT2D eigenvalue weighted by Gasteiger charge is 2.31. The molecule has 0 spiro atoms. The number of allylic oxidation sites excluding steroid dienone is 1. The summed E-state index contributed by atoms with van der Waals surface area (Å²) in [5.74, 6) is -0.259. The van der Waals surface area contributed by atoms with Crippen LogP contribution in [0.1, 0.15) is 61.9 Å². The number of carbonyl (C=O) groups is 1. The van der Waals surface area contributed by atoms with Gasteiger partial charge in [0.1, 0.15) is 22.8 Å². The number of nitro groups is 1. The molecule has 3 aliphatic rings. The molecule has 1 radical (unpaired) electrons. The number of fused-ring (bicyclic) bond motifs is 1. The lowest BCUT2D eigenvalue weighted by molar-refractivity contribution is -0.384. The van der Waals surface area contributed by atoms with E-state index < -0.39 is 38.9 Å². The lowest BCUT2D eigenvalue weighted by atomic mass is 9.72. The minimum absolute atomic E-state index is 0.0429. The molecule has 0 atom stereocenters. The Balaban J connectivity index is 0.993. The first-order valence-electron chi connectivity index (χ1n) is 21.4. The third-order valence-electron chi connectivity index (χ3n) is 12.7. The Bertz CT molecular complexity index is 2650. The number of nitrogens with zero attached hydrogens (tertiary/aromatic N) is 4. The lowest BCUT2D eigenvalue weighted by Gasteiger charge is -2.39. The number of amides is 1. The number of hydrogen-bond acceptors (Lipinski definition) is 11. The zero-order valence-corrected chi connectivity index (χ0v) is 38.2. The van der Waals surface area contributed by atoms with Crippen molar-refractivity contribution < 1.29 is 27.8 Å². The highest BCUT2D eigenvalue weighted by molar-refractivity contribution is 7.90. The molecule has 17 heteroatoms. The van der Waals surface area contributed by atoms with Gasteiger partial charge in [-0.25, -0.2) is 18.1 Å². The monoisotopic (exact) mass is 914 g/mol. The van der Waals surface area contributed by atoms with Crippen molar-refractivity contribution in [2.24, 2.45) is 11.3 Å². The van der Waals surface area contributed by atoms with Gasteiger partial charge in [0.05, 0.1) is 21.6 Å². The van der Waals surface area contributed by atoms with E-state index >= 15 is 0 Å². The summed E-state index contributed by atoms with van der Waals surface area (Å²) in [6.45, 7) is 11.0. The highest BCUT2D eigenvalue weighted by atomic mass is 35.5. The van der Waals surface area contributed by atoms with Crippen LogP contribution < -0.4 is 19.7 Å². The first-order chi connectivity index (χ1) is 30.0. The van der Waals surface area contributed by atoms with Gasteiger partial charge in [0.2, 0.25) is 0 Å². The van der Waals surface area contributed by atoms with Crippen molar-refractivity contribution in [1.29, 1.82) is 0 Å². The molecule has 4 N–H and O–H groups in total. The summed E-state index contributed by atoms with van der Waals surface area (Å²) in [5, 5.41) is 16.8. The largest absolute Gasteiger partial charge is 0.455 e. The molecule has 8 rings (SSSR count). The summed E-state index contributed by atoms with van der Waals surface area (Å²) in [4.78, 5) is 47.6. The summed E-state index contributed by atoms with van der Waals surface area (Å²) in [6, 6.07) is 20.4. The molecule has 2 saturated heterocycles. The van der Waals surface area contributed by atoms with E-state index in [0.717, 1.165) is 99.3 Å². The van der Waals surface area contributed by atoms with E-state index in [2.05, 4.69) is 55.8 Å². The van der Waals surface area contributed by atoms with Gasteiger partial charge in [-0.05, 0) is 130 Å². The van der Waals surface area contributed by atoms with Crippen LogP contribution in [0.15, 0.2) is 95.7 Å². The topological polar surface area (TPSA) is 183 Å². The Morgan fingerprint density at radius 1 is 1.05 bits per heavy atom. The first-order valence-corrected chi connectivity index (χ1v) is 25.8. The Morgan fingerprint density at radius 2 is 1.79 bits per heavy atom. The molecule has 0 bridgehead atoms. The van der Waals surface area contributed by atoms with E-state index in [1.165, 1.54) is 35.0 Å². The number of sulfonamides is 1. The van der Waals surface area contributed by atoms with Gasteiger partial charge in [0.25, 0.3) is 21.6 Å². The number of halogens is 1. The SMILES string of the molecule is CC1(C)CCC(CN2CCN(c3ccc(C(=O)NS(=O)(=O)c4ccc(NCC5CC[P](C)(O)CC5)c([N+](=O)[O-])c4)c(Oc4cnc5[nH]ccc5c4)c3)CC2)=C(c2ccc(Cl)cc2)C1. The molecule has 333 valence electrons. The van der Waals surface area contributed by atoms with Gasteiger partial charge in [0, 0.05) is 73.7 Å². The van der Waals surface area contributed by atoms with Crippen molar-refractivity contribution in [2.75, 3.05) is 68.5 Å². The van der Waals surface area contributed by atoms with Crippen LogP contribution in [0.25, 0.3) is 16.6 Å². The van der Waals surface area contributed by atoms with E-state index in [0.29, 0.717) is 17.9 Å². The standard InChI is InChI=1S/C46H54ClN7O7PS/c1-46(2)16-12-34(40(27-46)32-4-6-35(47)7-5-32)30-52-18-20-53(21-19-52)36-8-10-39(43(25-36)61-37-24-33-13-17-48-44(33)50-29-37)45(55)51-63(59,60)38-9-11-41(42(26-38)54(56)57)49-28-31-14-22-62(3,58)23-15-31/h4-11,13,17,24-26,29,31,49,58H,12,14-16,18-23,27-28,30H2,1-3H3,(H,48,50)(H,51,55). The number of nitrogens with one attached hydrogen (secondary N) is 3. The molecule has 3 aromatic carbocycles. The summed E-state index contributed by atoms with van der Waals surface area (Å²) >= 11 is 6.24. The van der Waals surface area contributed by atoms with E-state index in [9.17, 15) is 28.2 Å². The number of anilines is 2. The Hall–Kier alpha value is -5.05. The maximum absolute atomic E-state index is 13.9. The van der Waals surface area contributed by atoms with Crippen molar-refractivity contribution in [2.45, 2.75) is 50.8 Å². The molecular weight excluding hydrogens is 861 g/mol. The molecule has 0 unspecified atom stereocenters. The van der Waals surface area contributed by atoms with Crippen LogP contribution in [0.3, 0.4) is 0 Å². The fraction of sp³-hybridized carbons (Fsp3) is 0.391. The molecule has 4 heterocycles. The van der Waals surface area contributed by atoms with Gasteiger partial charge < -0.3 is 24.8 Å². The number of ether oxygens (including phenoxy) is 1. The second-order valence-corrected chi connectivity index (χ2v) is 23.7. The van der Waals surface area contributed by atoms with Crippen molar-refractivity contribution in [1.82, 2.24) is 19.6 Å². The highest BCUT2D eigenvalue weighted by Crippen LogP contribution is 2.55. The summed E-state index contributed by atoms with van der Waals surface area (Å²) < 4.78 is 35.9. The summed E-state index contributed by atoms with van der Waals surface area (Å²) in [5.41, 5.74) is 5.49. The van der Waals surface area contributed by atoms with Gasteiger partial charge in [-0.3, -0.25) is 19.8 Å². The van der Waals surface area contributed by atoms with Gasteiger partial charge in [-0.15, -0.1) is 0 Å². The van der Waals surface area contributed by atoms with E-state index in [-0.39, 0.29) is 28.3 Å². The van der Waals surface area contributed by atoms with E-state index in [4.69, 9.17) is 16.3 Å². The Kier molecular flexibility index (Phi) is 12.9. The van der Waals surface area contributed by atoms with Gasteiger partial charge in [-0.2, -0.15) is 0 Å². The number of benzene rings is 3. The van der Waals surface area contributed by atoms with Gasteiger partial charge in [0.15, 0.2) is 0 Å². The van der Waals surface area contributed by atoms with Crippen LogP contribution in [0, 0.1) is 21.4 Å². The van der Waals surface area contributed by atoms with Gasteiger partial charge in [-0.1, -0.05) is 43.2 Å². The minimum atomic E-state index is -4.57. The normalized spacial score (nSPS) is 20.7. The number of carbonyl (C=O) groups excluding carboxylic acids is 1. The van der Waals surface area contributed by atoms with Crippen LogP contribution in [-0.4, -0.2) is 97.3 Å². The summed E-state index contributed by atoms with van der Waals surface area (Å²) in [7, 11) is -6.44. The molecule has 2 fully saturated rings. The third kappa shape index (κ3) is 10.7.